The van der Waals surface area contributed by atoms with E-state index in [0.717, 1.165) is 13.0 Å². The van der Waals surface area contributed by atoms with E-state index in [0.29, 0.717) is 6.04 Å². The van der Waals surface area contributed by atoms with E-state index in [9.17, 15) is 4.79 Å². The summed E-state index contributed by atoms with van der Waals surface area (Å²) in [5.41, 5.74) is -0.246. The van der Waals surface area contributed by atoms with Crippen molar-refractivity contribution in [3.8, 4) is 0 Å². The van der Waals surface area contributed by atoms with Gasteiger partial charge < -0.3 is 10.6 Å². The van der Waals surface area contributed by atoms with Crippen molar-refractivity contribution in [2.24, 2.45) is 5.41 Å². The lowest BCUT2D eigenvalue weighted by Gasteiger charge is -2.31. The van der Waals surface area contributed by atoms with E-state index >= 15 is 0 Å². The lowest BCUT2D eigenvalue weighted by Crippen LogP contribution is -2.43. The van der Waals surface area contributed by atoms with Gasteiger partial charge in [-0.15, -0.1) is 0 Å². The molecule has 1 heterocycles. The zero-order valence-corrected chi connectivity index (χ0v) is 9.52. The van der Waals surface area contributed by atoms with Gasteiger partial charge in [-0.05, 0) is 25.8 Å². The minimum absolute atomic E-state index is 0.143. The lowest BCUT2D eigenvalue weighted by atomic mass is 9.82. The fraction of sp³-hybridized carbons (Fsp3) is 0.909. The van der Waals surface area contributed by atoms with E-state index < -0.39 is 0 Å². The Morgan fingerprint density at radius 2 is 2.21 bits per heavy atom. The van der Waals surface area contributed by atoms with Crippen LogP contribution in [-0.4, -0.2) is 25.5 Å². The van der Waals surface area contributed by atoms with Crippen LogP contribution in [0.1, 0.15) is 39.5 Å². The minimum atomic E-state index is -0.246. The highest BCUT2D eigenvalue weighted by Crippen LogP contribution is 2.25. The second-order valence-corrected chi connectivity index (χ2v) is 4.81. The summed E-state index contributed by atoms with van der Waals surface area (Å²) in [4.78, 5) is 11.6. The molecule has 1 saturated heterocycles. The fourth-order valence-electron chi connectivity index (χ4n) is 2.15. The summed E-state index contributed by atoms with van der Waals surface area (Å²) >= 11 is 0. The highest BCUT2D eigenvalue weighted by molar-refractivity contribution is 5.81. The van der Waals surface area contributed by atoms with E-state index in [-0.39, 0.29) is 11.3 Å². The first kappa shape index (κ1) is 11.5. The highest BCUT2D eigenvalue weighted by atomic mass is 16.2. The van der Waals surface area contributed by atoms with Crippen LogP contribution < -0.4 is 10.6 Å². The van der Waals surface area contributed by atoms with Gasteiger partial charge in [-0.2, -0.15) is 0 Å². The third kappa shape index (κ3) is 2.98. The van der Waals surface area contributed by atoms with Crippen molar-refractivity contribution in [1.82, 2.24) is 10.6 Å². The largest absolute Gasteiger partial charge is 0.359 e. The summed E-state index contributed by atoms with van der Waals surface area (Å²) in [7, 11) is 1.71. The average Bonchev–Trinajstić information content (AvgIpc) is 2.17. The molecule has 1 atom stereocenters. The third-order valence-corrected chi connectivity index (χ3v) is 3.01. The topological polar surface area (TPSA) is 41.1 Å². The molecule has 1 rings (SSSR count). The van der Waals surface area contributed by atoms with Crippen LogP contribution in [0.15, 0.2) is 0 Å². The fourth-order valence-corrected chi connectivity index (χ4v) is 2.15. The number of carbonyl (C=O) groups is 1. The van der Waals surface area contributed by atoms with Crippen molar-refractivity contribution in [3.05, 3.63) is 0 Å². The molecule has 1 fully saturated rings. The molecular formula is C11H22N2O. The van der Waals surface area contributed by atoms with E-state index in [1.807, 2.05) is 13.8 Å². The Kier molecular flexibility index (Phi) is 3.93. The van der Waals surface area contributed by atoms with E-state index in [1.54, 1.807) is 7.05 Å². The summed E-state index contributed by atoms with van der Waals surface area (Å²) in [5.74, 6) is 0.143. The number of amides is 1. The molecule has 0 spiro atoms. The van der Waals surface area contributed by atoms with Gasteiger partial charge in [-0.3, -0.25) is 4.79 Å². The van der Waals surface area contributed by atoms with Crippen LogP contribution in [0.5, 0.6) is 0 Å². The molecule has 0 unspecified atom stereocenters. The van der Waals surface area contributed by atoms with Crippen molar-refractivity contribution in [2.75, 3.05) is 13.6 Å². The van der Waals surface area contributed by atoms with Crippen LogP contribution in [-0.2, 0) is 4.79 Å². The van der Waals surface area contributed by atoms with Crippen LogP contribution in [0, 0.1) is 5.41 Å². The Bertz CT molecular complexity index is 195. The maximum absolute atomic E-state index is 11.6. The molecule has 0 aliphatic carbocycles. The normalized spacial score (nSPS) is 23.2. The number of carbonyl (C=O) groups excluding carboxylic acids is 1. The Morgan fingerprint density at radius 3 is 2.71 bits per heavy atom. The molecule has 2 N–H and O–H groups in total. The van der Waals surface area contributed by atoms with Gasteiger partial charge in [0.2, 0.25) is 5.91 Å². The summed E-state index contributed by atoms with van der Waals surface area (Å²) in [6.07, 6.45) is 4.71. The summed E-state index contributed by atoms with van der Waals surface area (Å²) in [6, 6.07) is 0.524. The Hall–Kier alpha value is -0.570. The van der Waals surface area contributed by atoms with Crippen LogP contribution in [0.4, 0.5) is 0 Å². The maximum Gasteiger partial charge on any atom is 0.225 e. The van der Waals surface area contributed by atoms with E-state index in [2.05, 4.69) is 10.6 Å². The van der Waals surface area contributed by atoms with Gasteiger partial charge in [-0.25, -0.2) is 0 Å². The van der Waals surface area contributed by atoms with Crippen molar-refractivity contribution < 1.29 is 4.79 Å². The lowest BCUT2D eigenvalue weighted by molar-refractivity contribution is -0.129. The first-order valence-corrected chi connectivity index (χ1v) is 5.52. The molecule has 0 saturated carbocycles. The smallest absolute Gasteiger partial charge is 0.225 e. The molecule has 14 heavy (non-hydrogen) atoms. The predicted octanol–water partition coefficient (Wildman–Crippen LogP) is 1.29. The Balaban J connectivity index is 2.44. The summed E-state index contributed by atoms with van der Waals surface area (Å²) in [5, 5.41) is 6.20. The minimum Gasteiger partial charge on any atom is -0.359 e. The number of hydrogen-bond acceptors (Lipinski definition) is 2. The molecule has 0 bridgehead atoms. The van der Waals surface area contributed by atoms with Gasteiger partial charge in [0.15, 0.2) is 0 Å². The van der Waals surface area contributed by atoms with Crippen molar-refractivity contribution in [3.63, 3.8) is 0 Å². The Labute approximate surface area is 86.6 Å². The average molecular weight is 198 g/mol. The Morgan fingerprint density at radius 1 is 1.50 bits per heavy atom. The predicted molar refractivity (Wildman–Crippen MR) is 58.1 cm³/mol. The van der Waals surface area contributed by atoms with Gasteiger partial charge in [0.05, 0.1) is 0 Å². The first-order chi connectivity index (χ1) is 6.56. The second-order valence-electron chi connectivity index (χ2n) is 4.81. The van der Waals surface area contributed by atoms with Crippen LogP contribution in [0.25, 0.3) is 0 Å². The third-order valence-electron chi connectivity index (χ3n) is 3.01. The standard InChI is InChI=1S/C11H22N2O/c1-11(2,10(14)12-3)8-9-6-4-5-7-13-9/h9,13H,4-8H2,1-3H3,(H,12,14)/t9-/m0/s1. The maximum atomic E-state index is 11.6. The highest BCUT2D eigenvalue weighted by Gasteiger charge is 2.30. The molecular weight excluding hydrogens is 176 g/mol. The molecule has 0 aromatic heterocycles. The molecule has 0 radical (unpaired) electrons. The second kappa shape index (κ2) is 4.78. The summed E-state index contributed by atoms with van der Waals surface area (Å²) in [6.45, 7) is 5.14. The number of piperidine rings is 1. The molecule has 0 aromatic carbocycles. The van der Waals surface area contributed by atoms with Crippen molar-refractivity contribution in [1.29, 1.82) is 0 Å². The van der Waals surface area contributed by atoms with Gasteiger partial charge in [0.25, 0.3) is 0 Å². The molecule has 82 valence electrons. The van der Waals surface area contributed by atoms with Crippen LogP contribution >= 0.6 is 0 Å². The number of rotatable bonds is 3. The molecule has 1 aliphatic heterocycles. The summed E-state index contributed by atoms with van der Waals surface area (Å²) < 4.78 is 0. The molecule has 1 amide bonds. The quantitative estimate of drug-likeness (QED) is 0.717. The number of hydrogen-bond donors (Lipinski definition) is 2. The molecule has 1 aliphatic rings. The molecule has 3 nitrogen and oxygen atoms in total. The van der Waals surface area contributed by atoms with Gasteiger partial charge >= 0.3 is 0 Å². The van der Waals surface area contributed by atoms with Crippen molar-refractivity contribution >= 4 is 5.91 Å². The van der Waals surface area contributed by atoms with E-state index in [4.69, 9.17) is 0 Å². The van der Waals surface area contributed by atoms with Crippen LogP contribution in [0.2, 0.25) is 0 Å². The van der Waals surface area contributed by atoms with Crippen molar-refractivity contribution in [2.45, 2.75) is 45.6 Å². The monoisotopic (exact) mass is 198 g/mol. The SMILES string of the molecule is CNC(=O)C(C)(C)C[C@@H]1CCCCN1. The zero-order chi connectivity index (χ0) is 10.6. The first-order valence-electron chi connectivity index (χ1n) is 5.52. The van der Waals surface area contributed by atoms with Gasteiger partial charge in [-0.1, -0.05) is 20.3 Å². The number of nitrogens with one attached hydrogen (secondary N) is 2. The zero-order valence-electron chi connectivity index (χ0n) is 9.52. The molecule has 0 aromatic rings. The van der Waals surface area contributed by atoms with E-state index in [1.165, 1.54) is 19.3 Å². The van der Waals surface area contributed by atoms with Gasteiger partial charge in [0.1, 0.15) is 0 Å². The van der Waals surface area contributed by atoms with Crippen LogP contribution in [0.3, 0.4) is 0 Å². The van der Waals surface area contributed by atoms with Gasteiger partial charge in [0, 0.05) is 18.5 Å². The molecule has 3 heteroatoms.